The normalized spacial score (nSPS) is 11.3. The molecule has 138 valence electrons. The Morgan fingerprint density at radius 3 is 2.12 bits per heavy atom. The molecule has 0 fully saturated rings. The van der Waals surface area contributed by atoms with Gasteiger partial charge in [0.2, 0.25) is 0 Å². The minimum absolute atomic E-state index is 0.120. The van der Waals surface area contributed by atoms with E-state index in [1.54, 1.807) is 0 Å². The molecule has 2 aromatic carbocycles. The van der Waals surface area contributed by atoms with Crippen molar-refractivity contribution in [3.8, 4) is 11.1 Å². The number of nitrogens with zero attached hydrogens (tertiary/aromatic N) is 1. The van der Waals surface area contributed by atoms with Crippen LogP contribution in [-0.4, -0.2) is 22.5 Å². The Morgan fingerprint density at radius 2 is 1.62 bits per heavy atom. The Balaban J connectivity index is 2.58. The largest absolute Gasteiger partial charge is 0.465 e. The first-order valence-corrected chi connectivity index (χ1v) is 8.84. The number of amides is 1. The Bertz CT molecular complexity index is 847. The van der Waals surface area contributed by atoms with Crippen LogP contribution in [0.25, 0.3) is 11.1 Å². The molecule has 4 nitrogen and oxygen atoms in total. The standard InChI is InChI=1S/C22H27NO3/c1-7-20(24)16-9-11-18(15(3)12-16)19-13-17(10-8-14(19)2)23(21(25)26)22(4,5)6/h8-13H,7H2,1-6H3,(H,25,26). The van der Waals surface area contributed by atoms with Gasteiger partial charge in [-0.1, -0.05) is 25.1 Å². The third-order valence-electron chi connectivity index (χ3n) is 4.50. The molecule has 0 aliphatic rings. The number of carbonyl (C=O) groups excluding carboxylic acids is 1. The summed E-state index contributed by atoms with van der Waals surface area (Å²) in [5.74, 6) is 0.120. The summed E-state index contributed by atoms with van der Waals surface area (Å²) in [7, 11) is 0. The zero-order valence-corrected chi connectivity index (χ0v) is 16.4. The average molecular weight is 353 g/mol. The Kier molecular flexibility index (Phi) is 5.55. The van der Waals surface area contributed by atoms with Crippen LogP contribution in [-0.2, 0) is 0 Å². The summed E-state index contributed by atoms with van der Waals surface area (Å²) in [6.07, 6.45) is -0.500. The summed E-state index contributed by atoms with van der Waals surface area (Å²) in [4.78, 5) is 25.1. The maximum absolute atomic E-state index is 11.9. The molecule has 0 bridgehead atoms. The van der Waals surface area contributed by atoms with Crippen LogP contribution in [0.15, 0.2) is 36.4 Å². The summed E-state index contributed by atoms with van der Waals surface area (Å²) in [5.41, 5.74) is 4.85. The summed E-state index contributed by atoms with van der Waals surface area (Å²) in [5, 5.41) is 9.66. The van der Waals surface area contributed by atoms with Gasteiger partial charge in [-0.3, -0.25) is 9.69 Å². The second kappa shape index (κ2) is 7.32. The first-order chi connectivity index (χ1) is 12.1. The number of ketones is 1. The molecule has 0 aliphatic heterocycles. The lowest BCUT2D eigenvalue weighted by Crippen LogP contribution is -2.45. The lowest BCUT2D eigenvalue weighted by Gasteiger charge is -2.33. The van der Waals surface area contributed by atoms with Gasteiger partial charge in [0, 0.05) is 23.2 Å². The molecule has 0 atom stereocenters. The third-order valence-corrected chi connectivity index (χ3v) is 4.50. The molecule has 0 aliphatic carbocycles. The number of aryl methyl sites for hydroxylation is 2. The van der Waals surface area contributed by atoms with Crippen LogP contribution in [0.4, 0.5) is 10.5 Å². The van der Waals surface area contributed by atoms with Crippen LogP contribution in [0.2, 0.25) is 0 Å². The highest BCUT2D eigenvalue weighted by atomic mass is 16.4. The van der Waals surface area contributed by atoms with Crippen molar-refractivity contribution < 1.29 is 14.7 Å². The molecular formula is C22H27NO3. The molecule has 0 heterocycles. The van der Waals surface area contributed by atoms with Gasteiger partial charge in [0.05, 0.1) is 0 Å². The zero-order chi connectivity index (χ0) is 19.6. The van der Waals surface area contributed by atoms with E-state index in [2.05, 4.69) is 0 Å². The second-order valence-corrected chi connectivity index (χ2v) is 7.59. The first-order valence-electron chi connectivity index (χ1n) is 8.84. The van der Waals surface area contributed by atoms with E-state index < -0.39 is 11.6 Å². The Labute approximate surface area is 155 Å². The van der Waals surface area contributed by atoms with Gasteiger partial charge in [0.1, 0.15) is 0 Å². The molecule has 1 amide bonds. The van der Waals surface area contributed by atoms with Crippen molar-refractivity contribution in [2.75, 3.05) is 4.90 Å². The van der Waals surface area contributed by atoms with Gasteiger partial charge in [-0.25, -0.2) is 4.79 Å². The molecule has 0 spiro atoms. The quantitative estimate of drug-likeness (QED) is 0.702. The molecule has 0 unspecified atom stereocenters. The molecule has 0 saturated heterocycles. The average Bonchev–Trinajstić information content (AvgIpc) is 2.54. The van der Waals surface area contributed by atoms with Crippen LogP contribution in [0.5, 0.6) is 0 Å². The lowest BCUT2D eigenvalue weighted by molar-refractivity contribution is 0.0988. The number of anilines is 1. The second-order valence-electron chi connectivity index (χ2n) is 7.59. The number of rotatable bonds is 4. The molecule has 0 radical (unpaired) electrons. The van der Waals surface area contributed by atoms with Crippen molar-refractivity contribution in [2.24, 2.45) is 0 Å². The summed E-state index contributed by atoms with van der Waals surface area (Å²) in [6.45, 7) is 11.5. The van der Waals surface area contributed by atoms with Crippen molar-refractivity contribution in [1.82, 2.24) is 0 Å². The van der Waals surface area contributed by atoms with Crippen molar-refractivity contribution in [3.63, 3.8) is 0 Å². The van der Waals surface area contributed by atoms with E-state index in [1.807, 2.05) is 77.9 Å². The van der Waals surface area contributed by atoms with Gasteiger partial charge >= 0.3 is 6.09 Å². The lowest BCUT2D eigenvalue weighted by atomic mass is 9.93. The predicted molar refractivity (Wildman–Crippen MR) is 106 cm³/mol. The van der Waals surface area contributed by atoms with E-state index in [0.717, 1.165) is 22.3 Å². The van der Waals surface area contributed by atoms with Crippen LogP contribution >= 0.6 is 0 Å². The van der Waals surface area contributed by atoms with E-state index in [9.17, 15) is 14.7 Å². The minimum Gasteiger partial charge on any atom is -0.465 e. The van der Waals surface area contributed by atoms with Crippen molar-refractivity contribution in [3.05, 3.63) is 53.1 Å². The highest BCUT2D eigenvalue weighted by Crippen LogP contribution is 2.33. The molecule has 2 rings (SSSR count). The van der Waals surface area contributed by atoms with Crippen LogP contribution < -0.4 is 4.90 Å². The molecule has 4 heteroatoms. The molecule has 2 aromatic rings. The van der Waals surface area contributed by atoms with Gasteiger partial charge in [-0.15, -0.1) is 0 Å². The van der Waals surface area contributed by atoms with Crippen molar-refractivity contribution >= 4 is 17.6 Å². The maximum Gasteiger partial charge on any atom is 0.412 e. The van der Waals surface area contributed by atoms with E-state index >= 15 is 0 Å². The van der Waals surface area contributed by atoms with E-state index in [0.29, 0.717) is 17.7 Å². The number of carbonyl (C=O) groups is 2. The fourth-order valence-electron chi connectivity index (χ4n) is 3.17. The molecule has 0 saturated carbocycles. The topological polar surface area (TPSA) is 57.6 Å². The van der Waals surface area contributed by atoms with Crippen LogP contribution in [0, 0.1) is 13.8 Å². The monoisotopic (exact) mass is 353 g/mol. The van der Waals surface area contributed by atoms with Gasteiger partial charge < -0.3 is 5.11 Å². The Morgan fingerprint density at radius 1 is 0.962 bits per heavy atom. The SMILES string of the molecule is CCC(=O)c1ccc(-c2cc(N(C(=O)O)C(C)(C)C)ccc2C)c(C)c1. The number of carboxylic acid groups (broad SMARTS) is 1. The number of benzene rings is 2. The Hall–Kier alpha value is -2.62. The van der Waals surface area contributed by atoms with Crippen LogP contribution in [0.3, 0.4) is 0 Å². The minimum atomic E-state index is -0.979. The zero-order valence-electron chi connectivity index (χ0n) is 16.4. The summed E-state index contributed by atoms with van der Waals surface area (Å²) < 4.78 is 0. The van der Waals surface area contributed by atoms with E-state index in [1.165, 1.54) is 4.90 Å². The summed E-state index contributed by atoms with van der Waals surface area (Å²) in [6, 6.07) is 11.4. The van der Waals surface area contributed by atoms with Crippen molar-refractivity contribution in [2.45, 2.75) is 53.5 Å². The van der Waals surface area contributed by atoms with Gasteiger partial charge in [-0.05, 0) is 75.1 Å². The van der Waals surface area contributed by atoms with Gasteiger partial charge in [-0.2, -0.15) is 0 Å². The molecule has 1 N–H and O–H groups in total. The molecule has 0 aromatic heterocycles. The van der Waals surface area contributed by atoms with Crippen LogP contribution in [0.1, 0.15) is 55.6 Å². The first kappa shape index (κ1) is 19.7. The van der Waals surface area contributed by atoms with Gasteiger partial charge in [0.25, 0.3) is 0 Å². The van der Waals surface area contributed by atoms with Crippen molar-refractivity contribution in [1.29, 1.82) is 0 Å². The number of hydrogen-bond donors (Lipinski definition) is 1. The highest BCUT2D eigenvalue weighted by molar-refractivity contribution is 5.97. The third kappa shape index (κ3) is 3.96. The summed E-state index contributed by atoms with van der Waals surface area (Å²) >= 11 is 0. The number of Topliss-reactive ketones (excluding diaryl/α,β-unsaturated/α-hetero) is 1. The maximum atomic E-state index is 11.9. The molecule has 26 heavy (non-hydrogen) atoms. The molecular weight excluding hydrogens is 326 g/mol. The van der Waals surface area contributed by atoms with E-state index in [-0.39, 0.29) is 5.78 Å². The van der Waals surface area contributed by atoms with Gasteiger partial charge in [0.15, 0.2) is 5.78 Å². The fraction of sp³-hybridized carbons (Fsp3) is 0.364. The smallest absolute Gasteiger partial charge is 0.412 e. The number of hydrogen-bond acceptors (Lipinski definition) is 2. The van der Waals surface area contributed by atoms with E-state index in [4.69, 9.17) is 0 Å². The highest BCUT2D eigenvalue weighted by Gasteiger charge is 2.28. The fourth-order valence-corrected chi connectivity index (χ4v) is 3.17. The predicted octanol–water partition coefficient (Wildman–Crippen LogP) is 5.85.